The molecule has 0 radical (unpaired) electrons. The van der Waals surface area contributed by atoms with Crippen LogP contribution in [-0.4, -0.2) is 19.0 Å². The molecular formula is C19H22O3. The van der Waals surface area contributed by atoms with E-state index in [-0.39, 0.29) is 5.78 Å². The van der Waals surface area contributed by atoms with Gasteiger partial charge in [-0.3, -0.25) is 4.79 Å². The first kappa shape index (κ1) is 16.1. The van der Waals surface area contributed by atoms with Gasteiger partial charge >= 0.3 is 0 Å². The monoisotopic (exact) mass is 298 g/mol. The Labute approximate surface area is 131 Å². The molecule has 3 heteroatoms. The summed E-state index contributed by atoms with van der Waals surface area (Å²) in [5, 5.41) is 0. The Morgan fingerprint density at radius 1 is 0.727 bits per heavy atom. The van der Waals surface area contributed by atoms with Crippen molar-refractivity contribution in [1.29, 1.82) is 0 Å². The highest BCUT2D eigenvalue weighted by Gasteiger charge is 2.03. The number of ketones is 1. The summed E-state index contributed by atoms with van der Waals surface area (Å²) < 4.78 is 11.1. The van der Waals surface area contributed by atoms with Crippen LogP contribution in [0.3, 0.4) is 0 Å². The van der Waals surface area contributed by atoms with E-state index in [1.807, 2.05) is 62.4 Å². The van der Waals surface area contributed by atoms with Crippen molar-refractivity contribution >= 4 is 5.78 Å². The van der Waals surface area contributed by atoms with Gasteiger partial charge in [-0.2, -0.15) is 0 Å². The third-order valence-electron chi connectivity index (χ3n) is 3.34. The first-order valence-corrected chi connectivity index (χ1v) is 7.54. The fourth-order valence-corrected chi connectivity index (χ4v) is 1.96. The molecule has 0 aliphatic heterocycles. The minimum atomic E-state index is 0.152. The fourth-order valence-electron chi connectivity index (χ4n) is 1.96. The molecule has 2 aromatic carbocycles. The number of hydrogen-bond acceptors (Lipinski definition) is 3. The molecule has 3 nitrogen and oxygen atoms in total. The van der Waals surface area contributed by atoms with Crippen LogP contribution in [0.1, 0.15) is 24.0 Å². The number of hydrogen-bond donors (Lipinski definition) is 0. The van der Waals surface area contributed by atoms with Gasteiger partial charge in [-0.25, -0.2) is 0 Å². The summed E-state index contributed by atoms with van der Waals surface area (Å²) in [6, 6.07) is 15.6. The molecule has 0 aliphatic rings. The predicted octanol–water partition coefficient (Wildman–Crippen LogP) is 4.11. The summed E-state index contributed by atoms with van der Waals surface area (Å²) in [6.07, 6.45) is 0.816. The Bertz CT molecular complexity index is 532. The second kappa shape index (κ2) is 8.23. The third-order valence-corrected chi connectivity index (χ3v) is 3.34. The molecule has 0 fully saturated rings. The Morgan fingerprint density at radius 2 is 1.09 bits per heavy atom. The highest BCUT2D eigenvalue weighted by atomic mass is 16.5. The number of ether oxygens (including phenoxy) is 2. The SMILES string of the molecule is Cc1ccc(OCCC(=O)CCOc2ccc(C)cc2)cc1. The predicted molar refractivity (Wildman–Crippen MR) is 87.6 cm³/mol. The van der Waals surface area contributed by atoms with Crippen LogP contribution < -0.4 is 9.47 Å². The van der Waals surface area contributed by atoms with E-state index in [0.29, 0.717) is 26.1 Å². The molecule has 0 heterocycles. The first-order valence-electron chi connectivity index (χ1n) is 7.54. The van der Waals surface area contributed by atoms with Crippen molar-refractivity contribution in [2.24, 2.45) is 0 Å². The average Bonchev–Trinajstić information content (AvgIpc) is 2.51. The van der Waals surface area contributed by atoms with E-state index in [9.17, 15) is 4.79 Å². The molecule has 0 saturated heterocycles. The molecular weight excluding hydrogens is 276 g/mol. The summed E-state index contributed by atoms with van der Waals surface area (Å²) in [5.41, 5.74) is 2.38. The largest absolute Gasteiger partial charge is 0.493 e. The normalized spacial score (nSPS) is 10.3. The highest BCUT2D eigenvalue weighted by Crippen LogP contribution is 2.13. The van der Waals surface area contributed by atoms with Gasteiger partial charge in [0.25, 0.3) is 0 Å². The van der Waals surface area contributed by atoms with Gasteiger partial charge in [0.1, 0.15) is 17.3 Å². The Morgan fingerprint density at radius 3 is 1.45 bits per heavy atom. The van der Waals surface area contributed by atoms with Gasteiger partial charge in [-0.15, -0.1) is 0 Å². The van der Waals surface area contributed by atoms with Crippen molar-refractivity contribution in [2.75, 3.05) is 13.2 Å². The van der Waals surface area contributed by atoms with Crippen molar-refractivity contribution in [2.45, 2.75) is 26.7 Å². The first-order chi connectivity index (χ1) is 10.6. The van der Waals surface area contributed by atoms with Crippen molar-refractivity contribution in [3.8, 4) is 11.5 Å². The second-order valence-corrected chi connectivity index (χ2v) is 5.36. The van der Waals surface area contributed by atoms with E-state index in [1.165, 1.54) is 11.1 Å². The maximum absolute atomic E-state index is 11.8. The molecule has 116 valence electrons. The molecule has 0 saturated carbocycles. The van der Waals surface area contributed by atoms with Gasteiger partial charge in [0, 0.05) is 12.8 Å². The molecule has 0 bridgehead atoms. The highest BCUT2D eigenvalue weighted by molar-refractivity contribution is 5.78. The van der Waals surface area contributed by atoms with Crippen LogP contribution in [0.25, 0.3) is 0 Å². The van der Waals surface area contributed by atoms with Gasteiger partial charge in [-0.1, -0.05) is 35.4 Å². The number of carbonyl (C=O) groups excluding carboxylic acids is 1. The van der Waals surface area contributed by atoms with Gasteiger partial charge in [0.05, 0.1) is 13.2 Å². The molecule has 0 amide bonds. The molecule has 0 spiro atoms. The smallest absolute Gasteiger partial charge is 0.139 e. The summed E-state index contributed by atoms with van der Waals surface area (Å²) in [5.74, 6) is 1.75. The Hall–Kier alpha value is -2.29. The summed E-state index contributed by atoms with van der Waals surface area (Å²) in [6.45, 7) is 4.88. The number of aryl methyl sites for hydroxylation is 2. The molecule has 0 aliphatic carbocycles. The lowest BCUT2D eigenvalue weighted by Crippen LogP contribution is -2.10. The van der Waals surface area contributed by atoms with Crippen molar-refractivity contribution in [3.05, 3.63) is 59.7 Å². The maximum Gasteiger partial charge on any atom is 0.139 e. The molecule has 2 aromatic rings. The lowest BCUT2D eigenvalue weighted by molar-refractivity contribution is -0.120. The summed E-state index contributed by atoms with van der Waals surface area (Å²) >= 11 is 0. The van der Waals surface area contributed by atoms with Gasteiger partial charge in [-0.05, 0) is 38.1 Å². The number of carbonyl (C=O) groups is 1. The molecule has 0 N–H and O–H groups in total. The summed E-state index contributed by atoms with van der Waals surface area (Å²) in [7, 11) is 0. The van der Waals surface area contributed by atoms with Gasteiger partial charge < -0.3 is 9.47 Å². The molecule has 22 heavy (non-hydrogen) atoms. The Balaban J connectivity index is 1.61. The van der Waals surface area contributed by atoms with E-state index < -0.39 is 0 Å². The third kappa shape index (κ3) is 5.60. The van der Waals surface area contributed by atoms with Gasteiger partial charge in [0.2, 0.25) is 0 Å². The Kier molecular flexibility index (Phi) is 6.01. The minimum absolute atomic E-state index is 0.152. The zero-order valence-corrected chi connectivity index (χ0v) is 13.2. The van der Waals surface area contributed by atoms with Crippen molar-refractivity contribution in [3.63, 3.8) is 0 Å². The molecule has 0 atom stereocenters. The molecule has 2 rings (SSSR count). The topological polar surface area (TPSA) is 35.5 Å². The van der Waals surface area contributed by atoms with E-state index >= 15 is 0 Å². The fraction of sp³-hybridized carbons (Fsp3) is 0.316. The lowest BCUT2D eigenvalue weighted by Gasteiger charge is -2.07. The van der Waals surface area contributed by atoms with Crippen LogP contribution in [0.2, 0.25) is 0 Å². The van der Waals surface area contributed by atoms with Crippen LogP contribution in [0, 0.1) is 13.8 Å². The van der Waals surface area contributed by atoms with Crippen molar-refractivity contribution in [1.82, 2.24) is 0 Å². The zero-order valence-electron chi connectivity index (χ0n) is 13.2. The minimum Gasteiger partial charge on any atom is -0.493 e. The maximum atomic E-state index is 11.8. The quantitative estimate of drug-likeness (QED) is 0.735. The average molecular weight is 298 g/mol. The lowest BCUT2D eigenvalue weighted by atomic mass is 10.2. The van der Waals surface area contributed by atoms with E-state index in [4.69, 9.17) is 9.47 Å². The number of Topliss-reactive ketones (excluding diaryl/α,β-unsaturated/α-hetero) is 1. The zero-order chi connectivity index (χ0) is 15.8. The standard InChI is InChI=1S/C19H22O3/c1-15-3-7-18(8-4-15)21-13-11-17(20)12-14-22-19-9-5-16(2)6-10-19/h3-10H,11-14H2,1-2H3. The van der Waals surface area contributed by atoms with Crippen LogP contribution in [0.4, 0.5) is 0 Å². The van der Waals surface area contributed by atoms with Crippen LogP contribution in [0.15, 0.2) is 48.5 Å². The van der Waals surface area contributed by atoms with E-state index in [2.05, 4.69) is 0 Å². The molecule has 0 aromatic heterocycles. The van der Waals surface area contributed by atoms with E-state index in [0.717, 1.165) is 11.5 Å². The van der Waals surface area contributed by atoms with Gasteiger partial charge in [0.15, 0.2) is 0 Å². The van der Waals surface area contributed by atoms with E-state index in [1.54, 1.807) is 0 Å². The van der Waals surface area contributed by atoms with Crippen LogP contribution in [-0.2, 0) is 4.79 Å². The molecule has 0 unspecified atom stereocenters. The van der Waals surface area contributed by atoms with Crippen LogP contribution >= 0.6 is 0 Å². The second-order valence-electron chi connectivity index (χ2n) is 5.36. The van der Waals surface area contributed by atoms with Crippen molar-refractivity contribution < 1.29 is 14.3 Å². The summed E-state index contributed by atoms with van der Waals surface area (Å²) in [4.78, 5) is 11.8. The van der Waals surface area contributed by atoms with Crippen LogP contribution in [0.5, 0.6) is 11.5 Å². The number of benzene rings is 2. The number of rotatable bonds is 8.